The van der Waals surface area contributed by atoms with Gasteiger partial charge in [0.2, 0.25) is 0 Å². The molecule has 0 radical (unpaired) electrons. The Kier molecular flexibility index (Phi) is 5.23. The quantitative estimate of drug-likeness (QED) is 0.822. The van der Waals surface area contributed by atoms with Gasteiger partial charge in [-0.25, -0.2) is 0 Å². The summed E-state index contributed by atoms with van der Waals surface area (Å²) in [6, 6.07) is 16.6. The van der Waals surface area contributed by atoms with Crippen LogP contribution < -0.4 is 10.5 Å². The number of methoxy groups -OCH3 is 1. The van der Waals surface area contributed by atoms with Crippen molar-refractivity contribution in [3.63, 3.8) is 0 Å². The average Bonchev–Trinajstić information content (AvgIpc) is 2.49. The molecule has 3 nitrogen and oxygen atoms in total. The average molecular weight is 284 g/mol. The van der Waals surface area contributed by atoms with Gasteiger partial charge in [-0.15, -0.1) is 0 Å². The first-order valence-corrected chi connectivity index (χ1v) is 7.31. The van der Waals surface area contributed by atoms with Crippen molar-refractivity contribution in [2.75, 3.05) is 12.8 Å². The van der Waals surface area contributed by atoms with E-state index in [4.69, 9.17) is 10.5 Å². The first kappa shape index (κ1) is 15.4. The van der Waals surface area contributed by atoms with E-state index in [1.54, 1.807) is 7.11 Å². The highest BCUT2D eigenvalue weighted by Crippen LogP contribution is 2.22. The van der Waals surface area contributed by atoms with Crippen molar-refractivity contribution in [2.45, 2.75) is 33.0 Å². The number of nitrogens with two attached hydrogens (primary N) is 1. The Morgan fingerprint density at radius 3 is 2.14 bits per heavy atom. The third-order valence-electron chi connectivity index (χ3n) is 3.72. The number of rotatable bonds is 6. The summed E-state index contributed by atoms with van der Waals surface area (Å²) in [5, 5.41) is 0. The molecule has 0 bridgehead atoms. The number of benzene rings is 2. The third kappa shape index (κ3) is 3.99. The molecule has 2 rings (SSSR count). The number of ether oxygens (including phenoxy) is 1. The number of hydrogen-bond donors (Lipinski definition) is 1. The van der Waals surface area contributed by atoms with Crippen LogP contribution in [-0.4, -0.2) is 18.1 Å². The molecule has 0 aliphatic carbocycles. The lowest BCUT2D eigenvalue weighted by Crippen LogP contribution is -2.30. The van der Waals surface area contributed by atoms with Crippen LogP contribution in [0, 0.1) is 0 Å². The van der Waals surface area contributed by atoms with Crippen molar-refractivity contribution in [3.05, 3.63) is 59.7 Å². The van der Waals surface area contributed by atoms with E-state index in [1.165, 1.54) is 11.1 Å². The molecule has 0 saturated carbocycles. The Balaban J connectivity index is 2.18. The van der Waals surface area contributed by atoms with E-state index in [-0.39, 0.29) is 0 Å². The highest BCUT2D eigenvalue weighted by Gasteiger charge is 2.14. The van der Waals surface area contributed by atoms with Crippen LogP contribution >= 0.6 is 0 Å². The molecule has 0 saturated heterocycles. The second-order valence-corrected chi connectivity index (χ2v) is 5.51. The zero-order valence-corrected chi connectivity index (χ0v) is 13.0. The second kappa shape index (κ2) is 7.14. The Labute approximate surface area is 127 Å². The first-order valence-electron chi connectivity index (χ1n) is 7.31. The Morgan fingerprint density at radius 1 is 0.952 bits per heavy atom. The largest absolute Gasteiger partial charge is 0.496 e. The van der Waals surface area contributed by atoms with Gasteiger partial charge in [0.15, 0.2) is 0 Å². The van der Waals surface area contributed by atoms with Gasteiger partial charge >= 0.3 is 0 Å². The summed E-state index contributed by atoms with van der Waals surface area (Å²) in [5.74, 6) is 0.934. The highest BCUT2D eigenvalue weighted by molar-refractivity contribution is 5.46. The van der Waals surface area contributed by atoms with Crippen LogP contribution in [0.2, 0.25) is 0 Å². The summed E-state index contributed by atoms with van der Waals surface area (Å²) < 4.78 is 5.45. The van der Waals surface area contributed by atoms with Gasteiger partial charge in [-0.2, -0.15) is 0 Å². The number of para-hydroxylation sites is 2. The van der Waals surface area contributed by atoms with E-state index in [0.717, 1.165) is 24.5 Å². The Hall–Kier alpha value is -2.00. The molecule has 0 atom stereocenters. The molecule has 0 aliphatic heterocycles. The number of nitrogens with zero attached hydrogens (tertiary/aromatic N) is 1. The topological polar surface area (TPSA) is 38.5 Å². The molecule has 2 aromatic rings. The van der Waals surface area contributed by atoms with Gasteiger partial charge in [-0.05, 0) is 31.5 Å². The van der Waals surface area contributed by atoms with Gasteiger partial charge in [-0.3, -0.25) is 4.90 Å². The van der Waals surface area contributed by atoms with E-state index in [9.17, 15) is 0 Å². The highest BCUT2D eigenvalue weighted by atomic mass is 16.5. The van der Waals surface area contributed by atoms with Crippen molar-refractivity contribution in [2.24, 2.45) is 0 Å². The van der Waals surface area contributed by atoms with Crippen molar-refractivity contribution in [1.82, 2.24) is 4.90 Å². The molecule has 0 amide bonds. The number of anilines is 1. The van der Waals surface area contributed by atoms with Gasteiger partial charge in [0.25, 0.3) is 0 Å². The van der Waals surface area contributed by atoms with Crippen LogP contribution in [0.4, 0.5) is 5.69 Å². The monoisotopic (exact) mass is 284 g/mol. The predicted molar refractivity (Wildman–Crippen MR) is 88.2 cm³/mol. The molecule has 0 fully saturated rings. The van der Waals surface area contributed by atoms with Crippen molar-refractivity contribution >= 4 is 5.69 Å². The lowest BCUT2D eigenvalue weighted by Gasteiger charge is -2.27. The maximum absolute atomic E-state index is 6.07. The normalized spacial score (nSPS) is 11.1. The summed E-state index contributed by atoms with van der Waals surface area (Å²) in [7, 11) is 1.72. The zero-order valence-electron chi connectivity index (χ0n) is 13.0. The molecule has 0 aliphatic rings. The van der Waals surface area contributed by atoms with E-state index in [2.05, 4.69) is 30.9 Å². The van der Waals surface area contributed by atoms with Crippen LogP contribution in [0.15, 0.2) is 48.5 Å². The second-order valence-electron chi connectivity index (χ2n) is 5.51. The summed E-state index contributed by atoms with van der Waals surface area (Å²) >= 11 is 0. The molecule has 2 N–H and O–H groups in total. The first-order chi connectivity index (χ1) is 10.1. The lowest BCUT2D eigenvalue weighted by atomic mass is 10.1. The maximum Gasteiger partial charge on any atom is 0.123 e. The molecule has 0 unspecified atom stereocenters. The fraction of sp³-hybridized carbons (Fsp3) is 0.333. The van der Waals surface area contributed by atoms with Crippen molar-refractivity contribution in [3.8, 4) is 5.75 Å². The molecule has 0 heterocycles. The van der Waals surface area contributed by atoms with Crippen LogP contribution in [0.3, 0.4) is 0 Å². The van der Waals surface area contributed by atoms with Gasteiger partial charge in [0, 0.05) is 30.4 Å². The van der Waals surface area contributed by atoms with E-state index >= 15 is 0 Å². The molecule has 0 aromatic heterocycles. The van der Waals surface area contributed by atoms with Gasteiger partial charge < -0.3 is 10.5 Å². The molecular formula is C18H24N2O. The van der Waals surface area contributed by atoms with E-state index < -0.39 is 0 Å². The van der Waals surface area contributed by atoms with Crippen LogP contribution in [-0.2, 0) is 13.1 Å². The molecule has 2 aromatic carbocycles. The zero-order chi connectivity index (χ0) is 15.2. The SMILES string of the molecule is COc1ccccc1CN(Cc1ccccc1N)C(C)C. The summed E-state index contributed by atoms with van der Waals surface area (Å²) in [5.41, 5.74) is 9.28. The smallest absolute Gasteiger partial charge is 0.123 e. The predicted octanol–water partition coefficient (Wildman–Crippen LogP) is 3.69. The standard InChI is InChI=1S/C18H24N2O/c1-14(2)20(12-15-8-4-6-10-17(15)19)13-16-9-5-7-11-18(16)21-3/h4-11,14H,12-13,19H2,1-3H3. The maximum atomic E-state index is 6.07. The summed E-state index contributed by atoms with van der Waals surface area (Å²) in [4.78, 5) is 2.39. The van der Waals surface area contributed by atoms with E-state index in [0.29, 0.717) is 6.04 Å². The fourth-order valence-electron chi connectivity index (χ4n) is 2.37. The van der Waals surface area contributed by atoms with E-state index in [1.807, 2.05) is 36.4 Å². The molecule has 21 heavy (non-hydrogen) atoms. The fourth-order valence-corrected chi connectivity index (χ4v) is 2.37. The minimum absolute atomic E-state index is 0.425. The van der Waals surface area contributed by atoms with Crippen molar-refractivity contribution < 1.29 is 4.74 Å². The molecular weight excluding hydrogens is 260 g/mol. The molecule has 112 valence electrons. The van der Waals surface area contributed by atoms with Gasteiger partial charge in [0.05, 0.1) is 7.11 Å². The lowest BCUT2D eigenvalue weighted by molar-refractivity contribution is 0.201. The molecule has 0 spiro atoms. The number of nitrogen functional groups attached to an aromatic ring is 1. The van der Waals surface area contributed by atoms with Gasteiger partial charge in [0.1, 0.15) is 5.75 Å². The molecule has 3 heteroatoms. The number of hydrogen-bond acceptors (Lipinski definition) is 3. The van der Waals surface area contributed by atoms with Gasteiger partial charge in [-0.1, -0.05) is 36.4 Å². The Bertz CT molecular complexity index is 581. The third-order valence-corrected chi connectivity index (χ3v) is 3.72. The summed E-state index contributed by atoms with van der Waals surface area (Å²) in [6.45, 7) is 6.08. The Morgan fingerprint density at radius 2 is 1.52 bits per heavy atom. The minimum Gasteiger partial charge on any atom is -0.496 e. The van der Waals surface area contributed by atoms with Crippen LogP contribution in [0.5, 0.6) is 5.75 Å². The van der Waals surface area contributed by atoms with Crippen LogP contribution in [0.1, 0.15) is 25.0 Å². The van der Waals surface area contributed by atoms with Crippen molar-refractivity contribution in [1.29, 1.82) is 0 Å². The van der Waals surface area contributed by atoms with Crippen LogP contribution in [0.25, 0.3) is 0 Å². The summed E-state index contributed by atoms with van der Waals surface area (Å²) in [6.07, 6.45) is 0. The minimum atomic E-state index is 0.425.